The van der Waals surface area contributed by atoms with Crippen molar-refractivity contribution in [2.45, 2.75) is 11.4 Å². The Labute approximate surface area is 205 Å². The third-order valence-electron chi connectivity index (χ3n) is 5.44. The number of rotatable bonds is 7. The Kier molecular flexibility index (Phi) is 5.96. The number of oxazole rings is 1. The van der Waals surface area contributed by atoms with Gasteiger partial charge in [-0.2, -0.15) is 0 Å². The molecule has 3 N–H and O–H groups in total. The number of fused-ring (bicyclic) bond motifs is 1. The maximum absolute atomic E-state index is 13.3. The maximum atomic E-state index is 13.3. The van der Waals surface area contributed by atoms with Crippen molar-refractivity contribution >= 4 is 26.9 Å². The van der Waals surface area contributed by atoms with E-state index in [2.05, 4.69) is 19.7 Å². The van der Waals surface area contributed by atoms with Gasteiger partial charge in [-0.05, 0) is 35.9 Å². The van der Waals surface area contributed by atoms with Crippen LogP contribution >= 0.6 is 0 Å². The monoisotopic (exact) mass is 504 g/mol. The van der Waals surface area contributed by atoms with Crippen LogP contribution in [0.3, 0.4) is 0 Å². The van der Waals surface area contributed by atoms with E-state index in [0.29, 0.717) is 27.7 Å². The molecule has 5 aromatic rings. The second-order valence-corrected chi connectivity index (χ2v) is 9.40. The Morgan fingerprint density at radius 3 is 2.61 bits per heavy atom. The Morgan fingerprint density at radius 2 is 1.89 bits per heavy atom. The third kappa shape index (κ3) is 4.30. The molecule has 0 fully saturated rings. The zero-order chi connectivity index (χ0) is 25.3. The van der Waals surface area contributed by atoms with Gasteiger partial charge in [0.1, 0.15) is 11.2 Å². The van der Waals surface area contributed by atoms with Crippen LogP contribution in [-0.2, 0) is 16.6 Å². The highest BCUT2D eigenvalue weighted by Gasteiger charge is 2.23. The fraction of sp³-hybridized carbons (Fsp3) is 0.0833. The van der Waals surface area contributed by atoms with Crippen molar-refractivity contribution in [2.24, 2.45) is 0 Å². The first-order valence-corrected chi connectivity index (χ1v) is 12.2. The highest BCUT2D eigenvalue weighted by atomic mass is 32.2. The minimum absolute atomic E-state index is 0.0584. The molecule has 2 aromatic carbocycles. The van der Waals surface area contributed by atoms with E-state index in [4.69, 9.17) is 14.9 Å². The molecule has 0 aliphatic heterocycles. The van der Waals surface area contributed by atoms with Gasteiger partial charge >= 0.3 is 0 Å². The summed E-state index contributed by atoms with van der Waals surface area (Å²) in [5.74, 6) is 0.182. The summed E-state index contributed by atoms with van der Waals surface area (Å²) in [6.07, 6.45) is 4.23. The summed E-state index contributed by atoms with van der Waals surface area (Å²) >= 11 is 0. The Morgan fingerprint density at radius 1 is 1.08 bits per heavy atom. The normalized spacial score (nSPS) is 11.6. The number of nitrogen functional groups attached to an aromatic ring is 1. The number of benzene rings is 2. The molecule has 3 aromatic heterocycles. The summed E-state index contributed by atoms with van der Waals surface area (Å²) in [5, 5.41) is 0.313. The summed E-state index contributed by atoms with van der Waals surface area (Å²) in [6.45, 7) is -0.148. The molecule has 0 amide bonds. The van der Waals surface area contributed by atoms with Crippen LogP contribution < -0.4 is 20.8 Å². The highest BCUT2D eigenvalue weighted by Crippen LogP contribution is 2.29. The van der Waals surface area contributed by atoms with Gasteiger partial charge in [0.15, 0.2) is 0 Å². The van der Waals surface area contributed by atoms with Gasteiger partial charge in [0.2, 0.25) is 27.7 Å². The number of nitrogens with zero attached hydrogens (tertiary/aromatic N) is 4. The SMILES string of the molecule is COc1ncc(-c2ccc3nc(N)n(-c4ccccc4)c(=O)c3c2)cc1S(=O)(=O)NCc1ncco1. The number of nitrogens with one attached hydrogen (secondary N) is 1. The van der Waals surface area contributed by atoms with E-state index in [-0.39, 0.29) is 34.7 Å². The third-order valence-corrected chi connectivity index (χ3v) is 6.84. The van der Waals surface area contributed by atoms with Crippen LogP contribution in [0.4, 0.5) is 5.95 Å². The molecule has 36 heavy (non-hydrogen) atoms. The quantitative estimate of drug-likeness (QED) is 0.340. The van der Waals surface area contributed by atoms with Gasteiger partial charge in [0.05, 0.1) is 36.4 Å². The number of methoxy groups -OCH3 is 1. The van der Waals surface area contributed by atoms with Crippen LogP contribution in [-0.4, -0.2) is 35.0 Å². The van der Waals surface area contributed by atoms with Gasteiger partial charge in [-0.1, -0.05) is 24.3 Å². The average molecular weight is 505 g/mol. The first kappa shape index (κ1) is 23.2. The van der Waals surface area contributed by atoms with E-state index in [9.17, 15) is 13.2 Å². The Bertz CT molecular complexity index is 1720. The van der Waals surface area contributed by atoms with Crippen LogP contribution in [0.15, 0.2) is 87.4 Å². The highest BCUT2D eigenvalue weighted by molar-refractivity contribution is 7.89. The predicted octanol–water partition coefficient (Wildman–Crippen LogP) is 2.51. The lowest BCUT2D eigenvalue weighted by atomic mass is 10.1. The standard InChI is InChI=1S/C24H20N6O5S/c1-34-22-20(36(32,33)28-14-21-26-9-10-35-21)12-16(13-27-22)15-7-8-19-18(11-15)23(31)30(24(25)29-19)17-5-3-2-4-6-17/h2-13,28H,14H2,1H3,(H2,25,29). The summed E-state index contributed by atoms with van der Waals surface area (Å²) in [6, 6.07) is 15.3. The van der Waals surface area contributed by atoms with Crippen LogP contribution in [0.5, 0.6) is 5.88 Å². The minimum Gasteiger partial charge on any atom is -0.480 e. The number of pyridine rings is 1. The molecule has 0 aliphatic carbocycles. The maximum Gasteiger partial charge on any atom is 0.267 e. The van der Waals surface area contributed by atoms with Crippen LogP contribution in [0.2, 0.25) is 0 Å². The summed E-state index contributed by atoms with van der Waals surface area (Å²) < 4.78 is 40.0. The molecule has 12 heteroatoms. The molecule has 11 nitrogen and oxygen atoms in total. The molecular formula is C24H20N6O5S. The predicted molar refractivity (Wildman–Crippen MR) is 132 cm³/mol. The molecular weight excluding hydrogens is 484 g/mol. The number of anilines is 1. The van der Waals surface area contributed by atoms with Crippen LogP contribution in [0.25, 0.3) is 27.7 Å². The first-order chi connectivity index (χ1) is 17.4. The average Bonchev–Trinajstić information content (AvgIpc) is 3.42. The van der Waals surface area contributed by atoms with E-state index in [1.165, 1.54) is 36.4 Å². The van der Waals surface area contributed by atoms with Crippen molar-refractivity contribution in [3.8, 4) is 22.7 Å². The molecule has 3 heterocycles. The van der Waals surface area contributed by atoms with Crippen molar-refractivity contribution < 1.29 is 17.6 Å². The molecule has 0 atom stereocenters. The van der Waals surface area contributed by atoms with Crippen molar-refractivity contribution in [3.63, 3.8) is 0 Å². The number of aromatic nitrogens is 4. The summed E-state index contributed by atoms with van der Waals surface area (Å²) in [7, 11) is -2.71. The fourth-order valence-corrected chi connectivity index (χ4v) is 4.84. The van der Waals surface area contributed by atoms with Gasteiger partial charge in [-0.25, -0.2) is 32.7 Å². The molecule has 0 unspecified atom stereocenters. The number of sulfonamides is 1. The van der Waals surface area contributed by atoms with Gasteiger partial charge < -0.3 is 14.9 Å². The lowest BCUT2D eigenvalue weighted by Crippen LogP contribution is -2.24. The molecule has 0 radical (unpaired) electrons. The summed E-state index contributed by atoms with van der Waals surface area (Å²) in [5.41, 5.74) is 7.73. The Balaban J connectivity index is 1.59. The van der Waals surface area contributed by atoms with E-state index in [0.717, 1.165) is 0 Å². The van der Waals surface area contributed by atoms with Crippen LogP contribution in [0, 0.1) is 0 Å². The molecule has 0 saturated carbocycles. The number of hydrogen-bond donors (Lipinski definition) is 2. The van der Waals surface area contributed by atoms with E-state index in [1.807, 2.05) is 6.07 Å². The number of hydrogen-bond acceptors (Lipinski definition) is 9. The number of para-hydroxylation sites is 1. The van der Waals surface area contributed by atoms with Crippen molar-refractivity contribution in [1.29, 1.82) is 0 Å². The fourth-order valence-electron chi connectivity index (χ4n) is 3.72. The first-order valence-electron chi connectivity index (χ1n) is 10.7. The second-order valence-electron chi connectivity index (χ2n) is 7.66. The molecule has 0 saturated heterocycles. The number of nitrogens with two attached hydrogens (primary N) is 1. The molecule has 0 bridgehead atoms. The summed E-state index contributed by atoms with van der Waals surface area (Å²) in [4.78, 5) is 25.6. The Hall–Kier alpha value is -4.55. The zero-order valence-corrected chi connectivity index (χ0v) is 19.8. The molecule has 5 rings (SSSR count). The lowest BCUT2D eigenvalue weighted by molar-refractivity contribution is 0.384. The van der Waals surface area contributed by atoms with Gasteiger partial charge in [0.25, 0.3) is 5.56 Å². The minimum atomic E-state index is -4.04. The van der Waals surface area contributed by atoms with Gasteiger partial charge in [-0.3, -0.25) is 4.79 Å². The second kappa shape index (κ2) is 9.24. The molecule has 0 aliphatic rings. The van der Waals surface area contributed by atoms with Crippen molar-refractivity contribution in [3.05, 3.63) is 89.5 Å². The van der Waals surface area contributed by atoms with E-state index < -0.39 is 10.0 Å². The van der Waals surface area contributed by atoms with E-state index in [1.54, 1.807) is 42.5 Å². The lowest BCUT2D eigenvalue weighted by Gasteiger charge is -2.13. The van der Waals surface area contributed by atoms with Crippen molar-refractivity contribution in [2.75, 3.05) is 12.8 Å². The molecule has 182 valence electrons. The van der Waals surface area contributed by atoms with Gasteiger partial charge in [0, 0.05) is 11.8 Å². The largest absolute Gasteiger partial charge is 0.480 e. The molecule has 0 spiro atoms. The van der Waals surface area contributed by atoms with Gasteiger partial charge in [-0.15, -0.1) is 0 Å². The number of ether oxygens (including phenoxy) is 1. The zero-order valence-electron chi connectivity index (χ0n) is 19.0. The smallest absolute Gasteiger partial charge is 0.267 e. The van der Waals surface area contributed by atoms with E-state index >= 15 is 0 Å². The van der Waals surface area contributed by atoms with Crippen molar-refractivity contribution in [1.82, 2.24) is 24.2 Å². The topological polar surface area (TPSA) is 155 Å². The van der Waals surface area contributed by atoms with Crippen LogP contribution in [0.1, 0.15) is 5.89 Å².